The zero-order chi connectivity index (χ0) is 16.8. The Balaban J connectivity index is 2.27. The van der Waals surface area contributed by atoms with Gasteiger partial charge >= 0.3 is 0 Å². The Labute approximate surface area is 135 Å². The average Bonchev–Trinajstić information content (AvgIpc) is 2.91. The third-order valence-corrected chi connectivity index (χ3v) is 9.13. The van der Waals surface area contributed by atoms with Crippen molar-refractivity contribution in [2.75, 3.05) is 6.61 Å². The second kappa shape index (κ2) is 5.78. The van der Waals surface area contributed by atoms with E-state index >= 15 is 0 Å². The molecule has 1 saturated heterocycles. The quantitative estimate of drug-likeness (QED) is 0.745. The van der Waals surface area contributed by atoms with Gasteiger partial charge in [0, 0.05) is 5.56 Å². The van der Waals surface area contributed by atoms with E-state index in [-0.39, 0.29) is 17.2 Å². The minimum atomic E-state index is -1.93. The molecule has 0 spiro atoms. The van der Waals surface area contributed by atoms with Crippen molar-refractivity contribution < 1.29 is 18.3 Å². The van der Waals surface area contributed by atoms with Gasteiger partial charge in [0.1, 0.15) is 18.0 Å². The van der Waals surface area contributed by atoms with Gasteiger partial charge in [-0.25, -0.2) is 0 Å². The van der Waals surface area contributed by atoms with Crippen LogP contribution >= 0.6 is 0 Å². The molecule has 1 aromatic heterocycles. The molecule has 2 heterocycles. The summed E-state index contributed by atoms with van der Waals surface area (Å²) in [6, 6.07) is 2.03. The summed E-state index contributed by atoms with van der Waals surface area (Å²) in [5.74, 6) is 0.329. The maximum atomic E-state index is 6.65. The lowest BCUT2D eigenvalue weighted by atomic mass is 10.1. The van der Waals surface area contributed by atoms with Gasteiger partial charge in [0.2, 0.25) is 0 Å². The van der Waals surface area contributed by atoms with Crippen LogP contribution in [-0.2, 0) is 13.9 Å². The van der Waals surface area contributed by atoms with Gasteiger partial charge in [-0.3, -0.25) is 0 Å². The molecule has 1 aromatic rings. The highest BCUT2D eigenvalue weighted by Crippen LogP contribution is 2.43. The topological polar surface area (TPSA) is 40.8 Å². The van der Waals surface area contributed by atoms with Gasteiger partial charge in [0.15, 0.2) is 14.1 Å². The van der Waals surface area contributed by atoms with Crippen molar-refractivity contribution in [2.45, 2.75) is 77.7 Å². The molecule has 22 heavy (non-hydrogen) atoms. The van der Waals surface area contributed by atoms with E-state index in [4.69, 9.17) is 18.3 Å². The fraction of sp³-hybridized carbons (Fsp3) is 0.765. The van der Waals surface area contributed by atoms with Crippen LogP contribution < -0.4 is 0 Å². The van der Waals surface area contributed by atoms with Gasteiger partial charge in [-0.1, -0.05) is 20.8 Å². The fourth-order valence-electron chi connectivity index (χ4n) is 2.33. The molecule has 0 unspecified atom stereocenters. The van der Waals surface area contributed by atoms with E-state index in [1.807, 2.05) is 26.8 Å². The Hall–Kier alpha value is -0.623. The molecule has 126 valence electrons. The second-order valence-corrected chi connectivity index (χ2v) is 12.9. The van der Waals surface area contributed by atoms with Crippen LogP contribution in [0.5, 0.6) is 0 Å². The first-order valence-corrected chi connectivity index (χ1v) is 10.9. The first-order valence-electron chi connectivity index (χ1n) is 7.96. The first kappa shape index (κ1) is 17.7. The maximum absolute atomic E-state index is 6.65. The van der Waals surface area contributed by atoms with Crippen LogP contribution in [0.1, 0.15) is 52.0 Å². The highest BCUT2D eigenvalue weighted by molar-refractivity contribution is 6.74. The van der Waals surface area contributed by atoms with Crippen LogP contribution in [0.15, 0.2) is 16.7 Å². The summed E-state index contributed by atoms with van der Waals surface area (Å²) in [6.07, 6.45) is 1.52. The minimum Gasteiger partial charge on any atom is -0.469 e. The van der Waals surface area contributed by atoms with Gasteiger partial charge in [-0.2, -0.15) is 0 Å². The summed E-state index contributed by atoms with van der Waals surface area (Å²) in [7, 11) is -1.93. The molecule has 0 aliphatic carbocycles. The van der Waals surface area contributed by atoms with E-state index in [9.17, 15) is 0 Å². The van der Waals surface area contributed by atoms with E-state index in [1.54, 1.807) is 6.26 Å². The largest absolute Gasteiger partial charge is 0.469 e. The van der Waals surface area contributed by atoms with Crippen molar-refractivity contribution in [3.05, 3.63) is 23.7 Å². The van der Waals surface area contributed by atoms with E-state index in [2.05, 4.69) is 33.9 Å². The molecule has 1 aliphatic heterocycles. The van der Waals surface area contributed by atoms with Crippen molar-refractivity contribution in [3.63, 3.8) is 0 Å². The Morgan fingerprint density at radius 1 is 1.32 bits per heavy atom. The second-order valence-electron chi connectivity index (χ2n) is 8.16. The lowest BCUT2D eigenvalue weighted by Gasteiger charge is -2.40. The molecule has 0 saturated carbocycles. The number of hydrogen-bond donors (Lipinski definition) is 0. The Morgan fingerprint density at radius 2 is 1.95 bits per heavy atom. The van der Waals surface area contributed by atoms with Crippen LogP contribution in [0.25, 0.3) is 0 Å². The number of rotatable bonds is 4. The molecule has 4 nitrogen and oxygen atoms in total. The van der Waals surface area contributed by atoms with E-state index in [0.717, 1.165) is 11.3 Å². The predicted octanol–water partition coefficient (Wildman–Crippen LogP) is 4.80. The van der Waals surface area contributed by atoms with E-state index in [1.165, 1.54) is 0 Å². The Bertz CT molecular complexity index is 513. The van der Waals surface area contributed by atoms with E-state index in [0.29, 0.717) is 6.61 Å². The molecule has 0 aromatic carbocycles. The molecule has 2 atom stereocenters. The third kappa shape index (κ3) is 3.82. The predicted molar refractivity (Wildman–Crippen MR) is 89.4 cm³/mol. The SMILES string of the molecule is Cc1cc([C@@H](O[Si](C)(C)C(C)(C)C)[C@H]2COC(C)(C)O2)co1. The van der Waals surface area contributed by atoms with Crippen LogP contribution in [-0.4, -0.2) is 26.8 Å². The average molecular weight is 327 g/mol. The molecule has 1 aliphatic rings. The molecule has 2 rings (SSSR count). The summed E-state index contributed by atoms with van der Waals surface area (Å²) in [5, 5.41) is 0.138. The van der Waals surface area contributed by atoms with Crippen LogP contribution in [0.3, 0.4) is 0 Å². The smallest absolute Gasteiger partial charge is 0.193 e. The van der Waals surface area contributed by atoms with Crippen molar-refractivity contribution in [1.82, 2.24) is 0 Å². The summed E-state index contributed by atoms with van der Waals surface area (Å²) in [6.45, 7) is 17.6. The standard InChI is InChI=1S/C17H30O4Si/c1-12-9-13(10-18-12)15(14-11-19-17(5,6)20-14)21-22(7,8)16(2,3)4/h9-10,14-15H,11H2,1-8H3/t14-,15-/m1/s1. The maximum Gasteiger partial charge on any atom is 0.193 e. The van der Waals surface area contributed by atoms with Gasteiger partial charge in [-0.05, 0) is 45.0 Å². The number of ether oxygens (including phenoxy) is 2. The van der Waals surface area contributed by atoms with E-state index < -0.39 is 14.1 Å². The number of aryl methyl sites for hydroxylation is 1. The normalized spacial score (nSPS) is 23.7. The Kier molecular flexibility index (Phi) is 4.66. The lowest BCUT2D eigenvalue weighted by molar-refractivity contribution is -0.150. The molecular formula is C17H30O4Si. The molecule has 0 amide bonds. The highest BCUT2D eigenvalue weighted by Gasteiger charge is 2.45. The van der Waals surface area contributed by atoms with Crippen molar-refractivity contribution in [1.29, 1.82) is 0 Å². The number of furan rings is 1. The molecule has 0 N–H and O–H groups in total. The summed E-state index contributed by atoms with van der Waals surface area (Å²) < 4.78 is 24.0. The third-order valence-electron chi connectivity index (χ3n) is 4.68. The molecule has 5 heteroatoms. The monoisotopic (exact) mass is 326 g/mol. The van der Waals surface area contributed by atoms with Gasteiger partial charge in [-0.15, -0.1) is 0 Å². The van der Waals surface area contributed by atoms with Crippen LogP contribution in [0.4, 0.5) is 0 Å². The van der Waals surface area contributed by atoms with Crippen molar-refractivity contribution >= 4 is 8.32 Å². The summed E-state index contributed by atoms with van der Waals surface area (Å²) in [4.78, 5) is 0. The molecule has 0 radical (unpaired) electrons. The zero-order valence-electron chi connectivity index (χ0n) is 15.1. The minimum absolute atomic E-state index is 0.110. The summed E-state index contributed by atoms with van der Waals surface area (Å²) in [5.41, 5.74) is 1.04. The molecule has 0 bridgehead atoms. The summed E-state index contributed by atoms with van der Waals surface area (Å²) >= 11 is 0. The highest BCUT2D eigenvalue weighted by atomic mass is 28.4. The lowest BCUT2D eigenvalue weighted by Crippen LogP contribution is -2.44. The van der Waals surface area contributed by atoms with Gasteiger partial charge < -0.3 is 18.3 Å². The van der Waals surface area contributed by atoms with Crippen LogP contribution in [0, 0.1) is 6.92 Å². The zero-order valence-corrected chi connectivity index (χ0v) is 16.1. The Morgan fingerprint density at radius 3 is 2.36 bits per heavy atom. The van der Waals surface area contributed by atoms with Gasteiger partial charge in [0.05, 0.1) is 12.9 Å². The van der Waals surface area contributed by atoms with Gasteiger partial charge in [0.25, 0.3) is 0 Å². The molecule has 1 fully saturated rings. The first-order chi connectivity index (χ1) is 9.91. The number of hydrogen-bond acceptors (Lipinski definition) is 4. The fourth-order valence-corrected chi connectivity index (χ4v) is 3.61. The van der Waals surface area contributed by atoms with Crippen molar-refractivity contribution in [3.8, 4) is 0 Å². The van der Waals surface area contributed by atoms with Crippen molar-refractivity contribution in [2.24, 2.45) is 0 Å². The van der Waals surface area contributed by atoms with Crippen LogP contribution in [0.2, 0.25) is 18.1 Å². The molecular weight excluding hydrogens is 296 g/mol.